The quantitative estimate of drug-likeness (QED) is 0.875. The number of nitrogens with zero attached hydrogens (tertiary/aromatic N) is 3. The van der Waals surface area contributed by atoms with Gasteiger partial charge in [-0.25, -0.2) is 4.39 Å². The molecule has 1 fully saturated rings. The minimum atomic E-state index is -0.287. The predicted octanol–water partition coefficient (Wildman–Crippen LogP) is 2.07. The Kier molecular flexibility index (Phi) is 4.89. The molecule has 6 nitrogen and oxygen atoms in total. The first kappa shape index (κ1) is 16.6. The topological polar surface area (TPSA) is 85.3 Å². The molecule has 1 saturated heterocycles. The van der Waals surface area contributed by atoms with E-state index in [0.717, 1.165) is 32.4 Å². The number of primary amides is 1. The summed E-state index contributed by atoms with van der Waals surface area (Å²) in [4.78, 5) is 17.8. The number of hydrogen-bond donors (Lipinski definition) is 1. The zero-order valence-corrected chi connectivity index (χ0v) is 13.7. The van der Waals surface area contributed by atoms with Gasteiger partial charge >= 0.3 is 0 Å². The van der Waals surface area contributed by atoms with Crippen molar-refractivity contribution in [3.05, 3.63) is 35.5 Å². The number of benzene rings is 1. The monoisotopic (exact) mass is 332 g/mol. The van der Waals surface area contributed by atoms with E-state index in [9.17, 15) is 9.18 Å². The molecule has 0 saturated carbocycles. The van der Waals surface area contributed by atoms with Crippen LogP contribution in [-0.2, 0) is 11.2 Å². The molecule has 1 aromatic heterocycles. The molecule has 128 valence electrons. The van der Waals surface area contributed by atoms with Crippen molar-refractivity contribution in [3.63, 3.8) is 0 Å². The molecule has 0 unspecified atom stereocenters. The Morgan fingerprint density at radius 3 is 3.08 bits per heavy atom. The zero-order chi connectivity index (χ0) is 17.1. The van der Waals surface area contributed by atoms with Crippen molar-refractivity contribution in [1.82, 2.24) is 15.0 Å². The highest BCUT2D eigenvalue weighted by Crippen LogP contribution is 2.20. The van der Waals surface area contributed by atoms with Gasteiger partial charge in [-0.05, 0) is 50.9 Å². The highest BCUT2D eigenvalue weighted by molar-refractivity contribution is 5.80. The number of aryl methyl sites for hydroxylation is 2. The molecule has 7 heteroatoms. The largest absolute Gasteiger partial charge is 0.368 e. The van der Waals surface area contributed by atoms with Gasteiger partial charge in [-0.15, -0.1) is 0 Å². The van der Waals surface area contributed by atoms with Crippen molar-refractivity contribution < 1.29 is 13.7 Å². The van der Waals surface area contributed by atoms with Gasteiger partial charge in [0.25, 0.3) is 0 Å². The molecular weight excluding hydrogens is 311 g/mol. The fourth-order valence-electron chi connectivity index (χ4n) is 3.05. The highest BCUT2D eigenvalue weighted by Gasteiger charge is 2.28. The van der Waals surface area contributed by atoms with Crippen molar-refractivity contribution >= 4 is 5.91 Å². The third-order valence-corrected chi connectivity index (χ3v) is 4.43. The Labute approximate surface area is 139 Å². The Hall–Kier alpha value is -2.28. The SMILES string of the molecule is Cc1ccc(-c2noc(CCCN3CCC[C@@H]3C(N)=O)n2)cc1F. The minimum absolute atomic E-state index is 0.154. The maximum absolute atomic E-state index is 13.6. The van der Waals surface area contributed by atoms with Crippen LogP contribution in [0.25, 0.3) is 11.4 Å². The minimum Gasteiger partial charge on any atom is -0.368 e. The van der Waals surface area contributed by atoms with E-state index in [1.807, 2.05) is 0 Å². The van der Waals surface area contributed by atoms with E-state index < -0.39 is 0 Å². The molecule has 1 aliphatic rings. The van der Waals surface area contributed by atoms with E-state index in [-0.39, 0.29) is 17.8 Å². The van der Waals surface area contributed by atoms with Crippen LogP contribution in [0, 0.1) is 12.7 Å². The second-order valence-corrected chi connectivity index (χ2v) is 6.18. The first-order valence-electron chi connectivity index (χ1n) is 8.17. The van der Waals surface area contributed by atoms with E-state index in [1.165, 1.54) is 6.07 Å². The maximum atomic E-state index is 13.6. The van der Waals surface area contributed by atoms with E-state index in [2.05, 4.69) is 15.0 Å². The van der Waals surface area contributed by atoms with Crippen LogP contribution in [0.3, 0.4) is 0 Å². The molecular formula is C17H21FN4O2. The summed E-state index contributed by atoms with van der Waals surface area (Å²) in [7, 11) is 0. The average molecular weight is 332 g/mol. The van der Waals surface area contributed by atoms with E-state index in [0.29, 0.717) is 29.3 Å². The van der Waals surface area contributed by atoms with Crippen LogP contribution < -0.4 is 5.73 Å². The molecule has 0 aliphatic carbocycles. The van der Waals surface area contributed by atoms with Gasteiger partial charge in [-0.1, -0.05) is 17.3 Å². The smallest absolute Gasteiger partial charge is 0.234 e. The molecule has 2 N–H and O–H groups in total. The second kappa shape index (κ2) is 7.09. The lowest BCUT2D eigenvalue weighted by molar-refractivity contribution is -0.122. The number of hydrogen-bond acceptors (Lipinski definition) is 5. The highest BCUT2D eigenvalue weighted by atomic mass is 19.1. The molecule has 1 aromatic carbocycles. The summed E-state index contributed by atoms with van der Waals surface area (Å²) in [6, 6.07) is 4.72. The lowest BCUT2D eigenvalue weighted by Crippen LogP contribution is -2.40. The molecule has 0 bridgehead atoms. The van der Waals surface area contributed by atoms with Crippen molar-refractivity contribution in [2.75, 3.05) is 13.1 Å². The van der Waals surface area contributed by atoms with E-state index in [1.54, 1.807) is 19.1 Å². The van der Waals surface area contributed by atoms with Gasteiger partial charge in [0.15, 0.2) is 0 Å². The molecule has 2 aromatic rings. The number of likely N-dealkylation sites (tertiary alicyclic amines) is 1. The maximum Gasteiger partial charge on any atom is 0.234 e. The Balaban J connectivity index is 1.56. The van der Waals surface area contributed by atoms with Gasteiger partial charge in [0.05, 0.1) is 6.04 Å². The zero-order valence-electron chi connectivity index (χ0n) is 13.7. The van der Waals surface area contributed by atoms with Crippen LogP contribution in [0.4, 0.5) is 4.39 Å². The Morgan fingerprint density at radius 2 is 2.33 bits per heavy atom. The van der Waals surface area contributed by atoms with Gasteiger partial charge < -0.3 is 10.3 Å². The summed E-state index contributed by atoms with van der Waals surface area (Å²) in [5, 5.41) is 3.91. The summed E-state index contributed by atoms with van der Waals surface area (Å²) in [5.74, 6) is 0.361. The number of aromatic nitrogens is 2. The second-order valence-electron chi connectivity index (χ2n) is 6.18. The first-order valence-corrected chi connectivity index (χ1v) is 8.17. The van der Waals surface area contributed by atoms with Gasteiger partial charge in [0.1, 0.15) is 5.82 Å². The molecule has 0 spiro atoms. The number of carbonyl (C=O) groups is 1. The van der Waals surface area contributed by atoms with Crippen LogP contribution in [0.5, 0.6) is 0 Å². The van der Waals surface area contributed by atoms with Crippen molar-refractivity contribution in [3.8, 4) is 11.4 Å². The number of rotatable bonds is 6. The summed E-state index contributed by atoms with van der Waals surface area (Å²) in [6.07, 6.45) is 3.24. The predicted molar refractivity (Wildman–Crippen MR) is 86.5 cm³/mol. The molecule has 1 amide bonds. The van der Waals surface area contributed by atoms with Crippen molar-refractivity contribution in [1.29, 1.82) is 0 Å². The molecule has 1 atom stereocenters. The summed E-state index contributed by atoms with van der Waals surface area (Å²) >= 11 is 0. The fraction of sp³-hybridized carbons (Fsp3) is 0.471. The third-order valence-electron chi connectivity index (χ3n) is 4.43. The number of carbonyl (C=O) groups excluding carboxylic acids is 1. The molecule has 2 heterocycles. The van der Waals surface area contributed by atoms with Gasteiger partial charge in [0.2, 0.25) is 17.6 Å². The van der Waals surface area contributed by atoms with Gasteiger partial charge in [0, 0.05) is 12.0 Å². The van der Waals surface area contributed by atoms with Crippen LogP contribution in [0.15, 0.2) is 22.7 Å². The summed E-state index contributed by atoms with van der Waals surface area (Å²) in [6.45, 7) is 3.37. The van der Waals surface area contributed by atoms with Crippen LogP contribution in [0.2, 0.25) is 0 Å². The van der Waals surface area contributed by atoms with Crippen molar-refractivity contribution in [2.24, 2.45) is 5.73 Å². The van der Waals surface area contributed by atoms with Crippen LogP contribution in [-0.4, -0.2) is 40.1 Å². The molecule has 3 rings (SSSR count). The normalized spacial score (nSPS) is 18.2. The third kappa shape index (κ3) is 3.62. The summed E-state index contributed by atoms with van der Waals surface area (Å²) in [5.41, 5.74) is 6.59. The Morgan fingerprint density at radius 1 is 1.50 bits per heavy atom. The average Bonchev–Trinajstić information content (AvgIpc) is 3.19. The van der Waals surface area contributed by atoms with E-state index >= 15 is 0 Å². The summed E-state index contributed by atoms with van der Waals surface area (Å²) < 4.78 is 18.9. The lowest BCUT2D eigenvalue weighted by atomic mass is 10.1. The molecule has 24 heavy (non-hydrogen) atoms. The molecule has 1 aliphatic heterocycles. The van der Waals surface area contributed by atoms with Gasteiger partial charge in [-0.3, -0.25) is 9.69 Å². The van der Waals surface area contributed by atoms with Crippen LogP contribution >= 0.6 is 0 Å². The lowest BCUT2D eigenvalue weighted by Gasteiger charge is -2.21. The van der Waals surface area contributed by atoms with Crippen molar-refractivity contribution in [2.45, 2.75) is 38.6 Å². The van der Waals surface area contributed by atoms with Crippen LogP contribution in [0.1, 0.15) is 30.7 Å². The number of nitrogens with two attached hydrogens (primary N) is 1. The number of halogens is 1. The fourth-order valence-corrected chi connectivity index (χ4v) is 3.05. The first-order chi connectivity index (χ1) is 11.5. The number of amides is 1. The van der Waals surface area contributed by atoms with E-state index in [4.69, 9.17) is 10.3 Å². The standard InChI is InChI=1S/C17H21FN4O2/c1-11-6-7-12(10-13(11)18)17-20-15(24-21-17)5-3-9-22-8-2-4-14(22)16(19)23/h6-7,10,14H,2-5,8-9H2,1H3,(H2,19,23)/t14-/m1/s1. The molecule has 0 radical (unpaired) electrons. The van der Waals surface area contributed by atoms with Gasteiger partial charge in [-0.2, -0.15) is 4.98 Å². The Bertz CT molecular complexity index is 731.